The van der Waals surface area contributed by atoms with E-state index in [1.165, 1.54) is 71.0 Å². The summed E-state index contributed by atoms with van der Waals surface area (Å²) >= 11 is 0. The Kier molecular flexibility index (Phi) is 4.25. The average molecular weight is 250 g/mol. The molecule has 0 spiro atoms. The van der Waals surface area contributed by atoms with E-state index in [-0.39, 0.29) is 0 Å². The molecule has 18 heavy (non-hydrogen) atoms. The molecular weight excluding hydrogens is 220 g/mol. The first kappa shape index (κ1) is 12.9. The molecule has 2 atom stereocenters. The maximum Gasteiger partial charge on any atom is 0.0224 e. The maximum absolute atomic E-state index is 3.81. The normalized spacial score (nSPS) is 35.8. The molecule has 0 radical (unpaired) electrons. The number of hydrogen-bond donors (Lipinski definition) is 1. The molecule has 1 heterocycles. The lowest BCUT2D eigenvalue weighted by Crippen LogP contribution is -2.58. The van der Waals surface area contributed by atoms with Crippen LogP contribution in [0.25, 0.3) is 0 Å². The van der Waals surface area contributed by atoms with E-state index >= 15 is 0 Å². The molecule has 1 aliphatic heterocycles. The highest BCUT2D eigenvalue weighted by atomic mass is 15.2. The summed E-state index contributed by atoms with van der Waals surface area (Å²) in [7, 11) is 0. The van der Waals surface area contributed by atoms with Crippen LogP contribution in [0.5, 0.6) is 0 Å². The molecule has 1 saturated heterocycles. The molecule has 3 fully saturated rings. The van der Waals surface area contributed by atoms with Gasteiger partial charge in [0, 0.05) is 31.7 Å². The number of hydrogen-bond acceptors (Lipinski definition) is 2. The quantitative estimate of drug-likeness (QED) is 0.825. The van der Waals surface area contributed by atoms with Gasteiger partial charge in [0.05, 0.1) is 0 Å². The van der Waals surface area contributed by atoms with Gasteiger partial charge >= 0.3 is 0 Å². The van der Waals surface area contributed by atoms with Gasteiger partial charge in [-0.3, -0.25) is 4.90 Å². The molecule has 3 aliphatic rings. The van der Waals surface area contributed by atoms with E-state index in [2.05, 4.69) is 17.1 Å². The zero-order valence-corrected chi connectivity index (χ0v) is 12.0. The third-order valence-corrected chi connectivity index (χ3v) is 5.44. The molecule has 2 heteroatoms. The van der Waals surface area contributed by atoms with E-state index in [1.54, 1.807) is 0 Å². The van der Waals surface area contributed by atoms with Crippen LogP contribution < -0.4 is 5.32 Å². The number of piperazine rings is 1. The summed E-state index contributed by atoms with van der Waals surface area (Å²) in [6.45, 7) is 6.32. The molecule has 2 unspecified atom stereocenters. The van der Waals surface area contributed by atoms with Crippen molar-refractivity contribution in [2.45, 2.75) is 70.4 Å². The van der Waals surface area contributed by atoms with Crippen LogP contribution in [0, 0.1) is 11.8 Å². The molecule has 2 saturated carbocycles. The molecule has 0 aromatic carbocycles. The Hall–Kier alpha value is -0.0800. The first-order valence-electron chi connectivity index (χ1n) is 8.34. The molecule has 2 nitrogen and oxygen atoms in total. The second-order valence-corrected chi connectivity index (χ2v) is 6.87. The Morgan fingerprint density at radius 1 is 1.06 bits per heavy atom. The van der Waals surface area contributed by atoms with Crippen molar-refractivity contribution < 1.29 is 0 Å². The molecular formula is C16H30N2. The Morgan fingerprint density at radius 3 is 2.50 bits per heavy atom. The zero-order valence-electron chi connectivity index (χ0n) is 12.0. The lowest BCUT2D eigenvalue weighted by Gasteiger charge is -2.42. The highest BCUT2D eigenvalue weighted by Crippen LogP contribution is 2.35. The predicted octanol–water partition coefficient (Wildman–Crippen LogP) is 3.03. The summed E-state index contributed by atoms with van der Waals surface area (Å²) in [6.07, 6.45) is 11.7. The Bertz CT molecular complexity index is 256. The van der Waals surface area contributed by atoms with Crippen molar-refractivity contribution in [1.82, 2.24) is 10.2 Å². The molecule has 104 valence electrons. The first-order valence-corrected chi connectivity index (χ1v) is 8.34. The number of nitrogens with zero attached hydrogens (tertiary/aromatic N) is 1. The van der Waals surface area contributed by atoms with Crippen molar-refractivity contribution in [1.29, 1.82) is 0 Å². The van der Waals surface area contributed by atoms with Crippen molar-refractivity contribution in [3.05, 3.63) is 0 Å². The molecule has 3 rings (SSSR count). The highest BCUT2D eigenvalue weighted by molar-refractivity contribution is 4.94. The minimum atomic E-state index is 0.807. The van der Waals surface area contributed by atoms with Crippen molar-refractivity contribution >= 4 is 0 Å². The van der Waals surface area contributed by atoms with Gasteiger partial charge in [0.2, 0.25) is 0 Å². The fourth-order valence-corrected chi connectivity index (χ4v) is 4.02. The van der Waals surface area contributed by atoms with Gasteiger partial charge in [-0.15, -0.1) is 0 Å². The van der Waals surface area contributed by atoms with Gasteiger partial charge in [0.1, 0.15) is 0 Å². The second-order valence-electron chi connectivity index (χ2n) is 6.87. The van der Waals surface area contributed by atoms with Crippen LogP contribution in [0.1, 0.15) is 58.3 Å². The zero-order chi connectivity index (χ0) is 12.4. The Balaban J connectivity index is 1.55. The molecule has 0 bridgehead atoms. The van der Waals surface area contributed by atoms with Crippen molar-refractivity contribution in [2.24, 2.45) is 11.8 Å². The fourth-order valence-electron chi connectivity index (χ4n) is 4.02. The average Bonchev–Trinajstić information content (AvgIpc) is 3.24. The van der Waals surface area contributed by atoms with Gasteiger partial charge in [0.25, 0.3) is 0 Å². The van der Waals surface area contributed by atoms with Crippen LogP contribution >= 0.6 is 0 Å². The number of nitrogens with one attached hydrogen (secondary N) is 1. The van der Waals surface area contributed by atoms with E-state index in [0.29, 0.717) is 0 Å². The highest BCUT2D eigenvalue weighted by Gasteiger charge is 2.37. The lowest BCUT2D eigenvalue weighted by atomic mass is 9.88. The van der Waals surface area contributed by atoms with Crippen LogP contribution in [-0.2, 0) is 0 Å². The van der Waals surface area contributed by atoms with Crippen molar-refractivity contribution in [2.75, 3.05) is 19.6 Å². The molecule has 2 aliphatic carbocycles. The monoisotopic (exact) mass is 250 g/mol. The van der Waals surface area contributed by atoms with Crippen LogP contribution in [-0.4, -0.2) is 36.6 Å². The largest absolute Gasteiger partial charge is 0.311 e. The van der Waals surface area contributed by atoms with Crippen molar-refractivity contribution in [3.63, 3.8) is 0 Å². The Labute approximate surface area is 113 Å². The van der Waals surface area contributed by atoms with E-state index in [1.807, 2.05) is 0 Å². The topological polar surface area (TPSA) is 15.3 Å². The first-order chi connectivity index (χ1) is 8.86. The molecule has 0 aromatic rings. The van der Waals surface area contributed by atoms with E-state index in [4.69, 9.17) is 0 Å². The van der Waals surface area contributed by atoms with Gasteiger partial charge < -0.3 is 5.32 Å². The minimum absolute atomic E-state index is 0.807. The third-order valence-electron chi connectivity index (χ3n) is 5.44. The summed E-state index contributed by atoms with van der Waals surface area (Å²) in [5.74, 6) is 2.02. The summed E-state index contributed by atoms with van der Waals surface area (Å²) < 4.78 is 0. The lowest BCUT2D eigenvalue weighted by molar-refractivity contribution is 0.0913. The Morgan fingerprint density at radius 2 is 1.83 bits per heavy atom. The molecule has 0 aromatic heterocycles. The third kappa shape index (κ3) is 3.08. The van der Waals surface area contributed by atoms with Gasteiger partial charge in [0.15, 0.2) is 0 Å². The van der Waals surface area contributed by atoms with Crippen LogP contribution in [0.3, 0.4) is 0 Å². The second kappa shape index (κ2) is 5.92. The smallest absolute Gasteiger partial charge is 0.0224 e. The van der Waals surface area contributed by atoms with E-state index in [0.717, 1.165) is 23.9 Å². The number of rotatable bonds is 4. The van der Waals surface area contributed by atoms with Crippen molar-refractivity contribution in [3.8, 4) is 0 Å². The van der Waals surface area contributed by atoms with Crippen LogP contribution in [0.15, 0.2) is 0 Å². The van der Waals surface area contributed by atoms with Gasteiger partial charge in [-0.25, -0.2) is 0 Å². The van der Waals surface area contributed by atoms with E-state index < -0.39 is 0 Å². The van der Waals surface area contributed by atoms with Crippen LogP contribution in [0.4, 0.5) is 0 Å². The fraction of sp³-hybridized carbons (Fsp3) is 1.00. The summed E-state index contributed by atoms with van der Waals surface area (Å²) in [6, 6.07) is 1.62. The van der Waals surface area contributed by atoms with E-state index in [9.17, 15) is 0 Å². The SMILES string of the molecule is CCC1CNC(C2CC2)CN1CC1CCCCC1. The van der Waals surface area contributed by atoms with Gasteiger partial charge in [-0.1, -0.05) is 26.2 Å². The summed E-state index contributed by atoms with van der Waals surface area (Å²) in [5.41, 5.74) is 0. The van der Waals surface area contributed by atoms with Gasteiger partial charge in [-0.05, 0) is 43.9 Å². The minimum Gasteiger partial charge on any atom is -0.311 e. The van der Waals surface area contributed by atoms with Crippen LogP contribution in [0.2, 0.25) is 0 Å². The maximum atomic E-state index is 3.81. The summed E-state index contributed by atoms with van der Waals surface area (Å²) in [5, 5.41) is 3.81. The molecule has 1 N–H and O–H groups in total. The summed E-state index contributed by atoms with van der Waals surface area (Å²) in [4.78, 5) is 2.84. The predicted molar refractivity (Wildman–Crippen MR) is 76.7 cm³/mol. The molecule has 0 amide bonds. The van der Waals surface area contributed by atoms with Gasteiger partial charge in [-0.2, -0.15) is 0 Å². The standard InChI is InChI=1S/C16H30N2/c1-2-15-10-17-16(14-8-9-14)12-18(15)11-13-6-4-3-5-7-13/h13-17H,2-12H2,1H3.